The molecule has 2 unspecified atom stereocenters. The van der Waals surface area contributed by atoms with E-state index in [4.69, 9.17) is 0 Å². The second kappa shape index (κ2) is 6.80. The highest BCUT2D eigenvalue weighted by Gasteiger charge is 2.21. The highest BCUT2D eigenvalue weighted by Crippen LogP contribution is 2.33. The smallest absolute Gasteiger partial charge is 0.148 e. The van der Waals surface area contributed by atoms with Crippen molar-refractivity contribution in [1.82, 2.24) is 0 Å². The summed E-state index contributed by atoms with van der Waals surface area (Å²) in [7, 11) is 0. The van der Waals surface area contributed by atoms with Gasteiger partial charge in [0, 0.05) is 6.21 Å². The number of benzene rings is 1. The third kappa shape index (κ3) is 4.43. The molecule has 0 amide bonds. The summed E-state index contributed by atoms with van der Waals surface area (Å²) in [5.41, 5.74) is 0.288. The second-order valence-electron chi connectivity index (χ2n) is 5.66. The van der Waals surface area contributed by atoms with Crippen LogP contribution in [0.5, 0.6) is 0 Å². The van der Waals surface area contributed by atoms with E-state index in [0.29, 0.717) is 0 Å². The number of aliphatic hydroxyl groups excluding tert-OH is 1. The summed E-state index contributed by atoms with van der Waals surface area (Å²) in [6, 6.07) is 6.35. The molecule has 1 aromatic rings. The molecule has 0 heterocycles. The molecule has 0 spiro atoms. The van der Waals surface area contributed by atoms with Crippen LogP contribution < -0.4 is 0 Å². The van der Waals surface area contributed by atoms with E-state index in [1.54, 1.807) is 18.2 Å². The molecule has 2 nitrogen and oxygen atoms in total. The number of hydrogen-bond donors (Lipinski definition) is 1. The Labute approximate surface area is 114 Å². The summed E-state index contributed by atoms with van der Waals surface area (Å²) < 4.78 is 13.3. The van der Waals surface area contributed by atoms with Gasteiger partial charge in [0.25, 0.3) is 0 Å². The quantitative estimate of drug-likeness (QED) is 0.797. The van der Waals surface area contributed by atoms with Gasteiger partial charge in [0.15, 0.2) is 0 Å². The van der Waals surface area contributed by atoms with Gasteiger partial charge in [-0.3, -0.25) is 4.99 Å². The van der Waals surface area contributed by atoms with Crippen LogP contribution in [0, 0.1) is 17.7 Å². The first-order valence-electron chi connectivity index (χ1n) is 7.12. The van der Waals surface area contributed by atoms with Gasteiger partial charge in [-0.15, -0.1) is 0 Å². The largest absolute Gasteiger partial charge is 0.387 e. The topological polar surface area (TPSA) is 32.6 Å². The van der Waals surface area contributed by atoms with Crippen LogP contribution in [0.1, 0.15) is 39.0 Å². The van der Waals surface area contributed by atoms with Gasteiger partial charge >= 0.3 is 0 Å². The lowest BCUT2D eigenvalue weighted by Crippen LogP contribution is -2.10. The number of aliphatic imine (C=N–C) groups is 1. The molecular formula is C16H22FNO. The van der Waals surface area contributed by atoms with E-state index in [2.05, 4.69) is 11.9 Å². The monoisotopic (exact) mass is 263 g/mol. The number of aliphatic hydroxyl groups is 1. The third-order valence-electron chi connectivity index (χ3n) is 3.91. The van der Waals surface area contributed by atoms with Crippen LogP contribution >= 0.6 is 0 Å². The Morgan fingerprint density at radius 1 is 1.42 bits per heavy atom. The van der Waals surface area contributed by atoms with Crippen LogP contribution in [-0.2, 0) is 0 Å². The maximum absolute atomic E-state index is 13.3. The van der Waals surface area contributed by atoms with Gasteiger partial charge in [-0.2, -0.15) is 0 Å². The maximum atomic E-state index is 13.3. The van der Waals surface area contributed by atoms with Crippen molar-refractivity contribution in [3.8, 4) is 0 Å². The maximum Gasteiger partial charge on any atom is 0.148 e. The summed E-state index contributed by atoms with van der Waals surface area (Å²) >= 11 is 0. The molecule has 0 aromatic heterocycles. The van der Waals surface area contributed by atoms with Gasteiger partial charge < -0.3 is 5.11 Å². The molecule has 0 bridgehead atoms. The first-order chi connectivity index (χ1) is 9.15. The first kappa shape index (κ1) is 14.2. The highest BCUT2D eigenvalue weighted by molar-refractivity contribution is 5.67. The van der Waals surface area contributed by atoms with Crippen molar-refractivity contribution in [2.75, 3.05) is 0 Å². The highest BCUT2D eigenvalue weighted by atomic mass is 19.1. The minimum Gasteiger partial charge on any atom is -0.387 e. The fourth-order valence-corrected chi connectivity index (χ4v) is 2.79. The molecule has 104 valence electrons. The van der Waals surface area contributed by atoms with Crippen molar-refractivity contribution < 1.29 is 9.50 Å². The van der Waals surface area contributed by atoms with Crippen molar-refractivity contribution in [3.63, 3.8) is 0 Å². The number of halogens is 1. The molecule has 1 aliphatic rings. The Bertz CT molecular complexity index is 433. The van der Waals surface area contributed by atoms with Crippen LogP contribution in [0.25, 0.3) is 0 Å². The van der Waals surface area contributed by atoms with E-state index < -0.39 is 6.10 Å². The summed E-state index contributed by atoms with van der Waals surface area (Å²) in [6.45, 7) is 2.29. The Morgan fingerprint density at radius 3 is 2.89 bits per heavy atom. The van der Waals surface area contributed by atoms with E-state index in [9.17, 15) is 9.50 Å². The Kier molecular flexibility index (Phi) is 5.08. The molecule has 19 heavy (non-hydrogen) atoms. The standard InChI is InChI=1S/C16H22FNO/c1-12-6-7-13(10-12)8-9-14(19)11-18-16-5-3-2-4-15(16)17/h2-5,11-14,19H,6-10H2,1H3/t12?,13-,14?/m1/s1. The number of hydrogen-bond acceptors (Lipinski definition) is 2. The van der Waals surface area contributed by atoms with E-state index in [-0.39, 0.29) is 11.5 Å². The van der Waals surface area contributed by atoms with Crippen LogP contribution in [0.15, 0.2) is 29.3 Å². The van der Waals surface area contributed by atoms with Crippen LogP contribution in [-0.4, -0.2) is 17.4 Å². The average molecular weight is 263 g/mol. The molecule has 1 fully saturated rings. The van der Waals surface area contributed by atoms with Gasteiger partial charge in [0.2, 0.25) is 0 Å². The Balaban J connectivity index is 1.78. The molecule has 1 saturated carbocycles. The van der Waals surface area contributed by atoms with Gasteiger partial charge in [-0.05, 0) is 43.2 Å². The molecule has 0 aliphatic heterocycles. The van der Waals surface area contributed by atoms with Crippen molar-refractivity contribution in [1.29, 1.82) is 0 Å². The molecule has 2 rings (SSSR count). The molecular weight excluding hydrogens is 241 g/mol. The zero-order valence-corrected chi connectivity index (χ0v) is 11.4. The molecule has 3 heteroatoms. The fourth-order valence-electron chi connectivity index (χ4n) is 2.79. The molecule has 1 aromatic carbocycles. The van der Waals surface area contributed by atoms with E-state index in [1.807, 2.05) is 0 Å². The normalized spacial score (nSPS) is 25.0. The van der Waals surface area contributed by atoms with Crippen molar-refractivity contribution in [2.45, 2.75) is 45.1 Å². The Hall–Kier alpha value is -1.22. The number of nitrogens with zero attached hydrogens (tertiary/aromatic N) is 1. The number of para-hydroxylation sites is 1. The van der Waals surface area contributed by atoms with E-state index in [0.717, 1.165) is 24.7 Å². The van der Waals surface area contributed by atoms with Crippen molar-refractivity contribution in [2.24, 2.45) is 16.8 Å². The van der Waals surface area contributed by atoms with Crippen molar-refractivity contribution in [3.05, 3.63) is 30.1 Å². The molecule has 0 saturated heterocycles. The van der Waals surface area contributed by atoms with Gasteiger partial charge in [-0.25, -0.2) is 4.39 Å². The first-order valence-corrected chi connectivity index (χ1v) is 7.12. The lowest BCUT2D eigenvalue weighted by atomic mass is 9.99. The van der Waals surface area contributed by atoms with E-state index in [1.165, 1.54) is 31.5 Å². The Morgan fingerprint density at radius 2 is 2.21 bits per heavy atom. The fraction of sp³-hybridized carbons (Fsp3) is 0.562. The average Bonchev–Trinajstić information content (AvgIpc) is 2.81. The lowest BCUT2D eigenvalue weighted by Gasteiger charge is -2.10. The lowest BCUT2D eigenvalue weighted by molar-refractivity contribution is 0.221. The van der Waals surface area contributed by atoms with Crippen LogP contribution in [0.3, 0.4) is 0 Å². The van der Waals surface area contributed by atoms with Gasteiger partial charge in [-0.1, -0.05) is 31.9 Å². The minimum absolute atomic E-state index is 0.288. The molecule has 3 atom stereocenters. The predicted octanol–water partition coefficient (Wildman–Crippen LogP) is 4.11. The predicted molar refractivity (Wildman–Crippen MR) is 76.3 cm³/mol. The van der Waals surface area contributed by atoms with Gasteiger partial charge in [0.05, 0.1) is 11.8 Å². The SMILES string of the molecule is CC1CC[C@H](CCC(O)C=Nc2ccccc2F)C1. The van der Waals surface area contributed by atoms with Crippen LogP contribution in [0.4, 0.5) is 10.1 Å². The van der Waals surface area contributed by atoms with E-state index >= 15 is 0 Å². The molecule has 1 aliphatic carbocycles. The second-order valence-corrected chi connectivity index (χ2v) is 5.66. The van der Waals surface area contributed by atoms with Crippen LogP contribution in [0.2, 0.25) is 0 Å². The number of rotatable bonds is 5. The summed E-state index contributed by atoms with van der Waals surface area (Å²) in [6.07, 6.45) is 6.50. The zero-order chi connectivity index (χ0) is 13.7. The molecule has 1 N–H and O–H groups in total. The molecule has 0 radical (unpaired) electrons. The summed E-state index contributed by atoms with van der Waals surface area (Å²) in [4.78, 5) is 4.02. The summed E-state index contributed by atoms with van der Waals surface area (Å²) in [5, 5.41) is 9.86. The van der Waals surface area contributed by atoms with Crippen molar-refractivity contribution >= 4 is 11.9 Å². The third-order valence-corrected chi connectivity index (χ3v) is 3.91. The zero-order valence-electron chi connectivity index (χ0n) is 11.4. The summed E-state index contributed by atoms with van der Waals surface area (Å²) in [5.74, 6) is 1.22. The minimum atomic E-state index is -0.574. The van der Waals surface area contributed by atoms with Gasteiger partial charge in [0.1, 0.15) is 5.82 Å².